The summed E-state index contributed by atoms with van der Waals surface area (Å²) in [7, 11) is 0. The Bertz CT molecular complexity index is 832. The predicted molar refractivity (Wildman–Crippen MR) is 82.1 cm³/mol. The molecule has 2 aromatic carbocycles. The maximum Gasteiger partial charge on any atom is 0.193 e. The van der Waals surface area contributed by atoms with Crippen LogP contribution >= 0.6 is 0 Å². The summed E-state index contributed by atoms with van der Waals surface area (Å²) in [6.45, 7) is 1.85. The molecule has 0 unspecified atom stereocenters. The van der Waals surface area contributed by atoms with E-state index in [1.807, 2.05) is 25.1 Å². The van der Waals surface area contributed by atoms with Crippen molar-refractivity contribution in [3.8, 4) is 22.8 Å². The van der Waals surface area contributed by atoms with Crippen LogP contribution in [0.25, 0.3) is 11.3 Å². The number of ketones is 1. The van der Waals surface area contributed by atoms with Gasteiger partial charge in [0, 0.05) is 16.7 Å². The van der Waals surface area contributed by atoms with E-state index in [4.69, 9.17) is 4.42 Å². The molecule has 0 atom stereocenters. The number of hydrogen-bond acceptors (Lipinski definition) is 4. The lowest BCUT2D eigenvalue weighted by atomic mass is 9.96. The van der Waals surface area contributed by atoms with Gasteiger partial charge in [0.05, 0.1) is 6.26 Å². The van der Waals surface area contributed by atoms with Crippen LogP contribution in [0, 0.1) is 6.92 Å². The lowest BCUT2D eigenvalue weighted by Gasteiger charge is -2.08. The first-order chi connectivity index (χ1) is 10.6. The van der Waals surface area contributed by atoms with Crippen molar-refractivity contribution in [1.82, 2.24) is 0 Å². The molecule has 0 aliphatic carbocycles. The summed E-state index contributed by atoms with van der Waals surface area (Å²) >= 11 is 0. The van der Waals surface area contributed by atoms with E-state index in [9.17, 15) is 15.0 Å². The first-order valence-corrected chi connectivity index (χ1v) is 6.77. The Balaban J connectivity index is 2.05. The van der Waals surface area contributed by atoms with Gasteiger partial charge in [-0.2, -0.15) is 0 Å². The van der Waals surface area contributed by atoms with Crippen LogP contribution in [-0.2, 0) is 0 Å². The number of benzene rings is 2. The second-order valence-electron chi connectivity index (χ2n) is 5.04. The van der Waals surface area contributed by atoms with Gasteiger partial charge in [0.2, 0.25) is 0 Å². The van der Waals surface area contributed by atoms with Crippen molar-refractivity contribution < 1.29 is 19.4 Å². The molecule has 0 aliphatic heterocycles. The van der Waals surface area contributed by atoms with Crippen molar-refractivity contribution in [3.05, 3.63) is 71.5 Å². The number of hydrogen-bond donors (Lipinski definition) is 2. The highest BCUT2D eigenvalue weighted by atomic mass is 16.3. The van der Waals surface area contributed by atoms with Gasteiger partial charge in [0.25, 0.3) is 0 Å². The summed E-state index contributed by atoms with van der Waals surface area (Å²) < 4.78 is 5.35. The van der Waals surface area contributed by atoms with Crippen LogP contribution in [0.3, 0.4) is 0 Å². The molecule has 0 saturated heterocycles. The third-order valence-electron chi connectivity index (χ3n) is 3.53. The van der Waals surface area contributed by atoms with Crippen molar-refractivity contribution in [3.63, 3.8) is 0 Å². The number of aromatic hydroxyl groups is 2. The van der Waals surface area contributed by atoms with E-state index in [0.29, 0.717) is 16.9 Å². The first kappa shape index (κ1) is 13.9. The molecule has 0 aliphatic rings. The van der Waals surface area contributed by atoms with Crippen LogP contribution in [-0.4, -0.2) is 16.0 Å². The molecule has 0 spiro atoms. The molecule has 0 fully saturated rings. The number of furan rings is 1. The standard InChI is InChI=1S/C18H14O4/c1-11-4-5-12(17-3-2-8-22-17)9-14(11)18(21)13-6-7-15(19)16(20)10-13/h2-10,19-20H,1H3. The SMILES string of the molecule is Cc1ccc(-c2ccco2)cc1C(=O)c1ccc(O)c(O)c1. The first-order valence-electron chi connectivity index (χ1n) is 6.77. The zero-order valence-electron chi connectivity index (χ0n) is 11.9. The number of phenols is 2. The van der Waals surface area contributed by atoms with Crippen molar-refractivity contribution in [2.24, 2.45) is 0 Å². The maximum absolute atomic E-state index is 12.6. The van der Waals surface area contributed by atoms with Crippen LogP contribution in [0.15, 0.2) is 59.2 Å². The second kappa shape index (κ2) is 5.41. The molecule has 3 aromatic rings. The summed E-state index contributed by atoms with van der Waals surface area (Å²) in [5.74, 6) is -0.105. The van der Waals surface area contributed by atoms with Gasteiger partial charge in [0.1, 0.15) is 5.76 Å². The van der Waals surface area contributed by atoms with Gasteiger partial charge in [-0.25, -0.2) is 0 Å². The van der Waals surface area contributed by atoms with Crippen LogP contribution in [0.1, 0.15) is 21.5 Å². The number of phenolic OH excluding ortho intramolecular Hbond substituents is 2. The topological polar surface area (TPSA) is 70.7 Å². The van der Waals surface area contributed by atoms with E-state index in [1.165, 1.54) is 18.2 Å². The van der Waals surface area contributed by atoms with Gasteiger partial charge in [-0.05, 0) is 48.9 Å². The van der Waals surface area contributed by atoms with Gasteiger partial charge in [-0.15, -0.1) is 0 Å². The Morgan fingerprint density at radius 2 is 1.82 bits per heavy atom. The van der Waals surface area contributed by atoms with E-state index in [-0.39, 0.29) is 17.3 Å². The van der Waals surface area contributed by atoms with Gasteiger partial charge in [-0.1, -0.05) is 12.1 Å². The molecule has 4 heteroatoms. The normalized spacial score (nSPS) is 10.6. The summed E-state index contributed by atoms with van der Waals surface area (Å²) in [6, 6.07) is 13.2. The minimum absolute atomic E-state index is 0.221. The molecule has 0 radical (unpaired) electrons. The highest BCUT2D eigenvalue weighted by Crippen LogP contribution is 2.28. The zero-order valence-corrected chi connectivity index (χ0v) is 11.9. The summed E-state index contributed by atoms with van der Waals surface area (Å²) in [6.07, 6.45) is 1.58. The highest BCUT2D eigenvalue weighted by Gasteiger charge is 2.15. The fourth-order valence-electron chi connectivity index (χ4n) is 2.28. The van der Waals surface area contributed by atoms with Crippen molar-refractivity contribution in [1.29, 1.82) is 0 Å². The predicted octanol–water partition coefficient (Wildman–Crippen LogP) is 3.90. The van der Waals surface area contributed by atoms with Crippen molar-refractivity contribution >= 4 is 5.78 Å². The number of aryl methyl sites for hydroxylation is 1. The van der Waals surface area contributed by atoms with Crippen LogP contribution < -0.4 is 0 Å². The molecule has 4 nitrogen and oxygen atoms in total. The average molecular weight is 294 g/mol. The third-order valence-corrected chi connectivity index (χ3v) is 3.53. The second-order valence-corrected chi connectivity index (χ2v) is 5.04. The van der Waals surface area contributed by atoms with Crippen LogP contribution in [0.4, 0.5) is 0 Å². The third kappa shape index (κ3) is 2.46. The molecule has 0 amide bonds. The Hall–Kier alpha value is -3.01. The lowest BCUT2D eigenvalue weighted by molar-refractivity contribution is 0.103. The molecule has 0 bridgehead atoms. The molecule has 0 saturated carbocycles. The largest absolute Gasteiger partial charge is 0.504 e. The minimum atomic E-state index is -0.314. The smallest absolute Gasteiger partial charge is 0.193 e. The van der Waals surface area contributed by atoms with Crippen LogP contribution in [0.2, 0.25) is 0 Å². The maximum atomic E-state index is 12.6. The minimum Gasteiger partial charge on any atom is -0.504 e. The van der Waals surface area contributed by atoms with E-state index in [1.54, 1.807) is 18.4 Å². The Labute approximate surface area is 127 Å². The molecule has 22 heavy (non-hydrogen) atoms. The monoisotopic (exact) mass is 294 g/mol. The summed E-state index contributed by atoms with van der Waals surface area (Å²) in [5, 5.41) is 18.9. The molecule has 1 aromatic heterocycles. The quantitative estimate of drug-likeness (QED) is 0.568. The summed E-state index contributed by atoms with van der Waals surface area (Å²) in [4.78, 5) is 12.6. The number of carbonyl (C=O) groups is 1. The summed E-state index contributed by atoms with van der Waals surface area (Å²) in [5.41, 5.74) is 2.48. The molecule has 3 rings (SSSR count). The number of carbonyl (C=O) groups excluding carboxylic acids is 1. The van der Waals surface area contributed by atoms with E-state index in [0.717, 1.165) is 11.1 Å². The molecular formula is C18H14O4. The number of rotatable bonds is 3. The van der Waals surface area contributed by atoms with E-state index >= 15 is 0 Å². The van der Waals surface area contributed by atoms with Gasteiger partial charge in [-0.3, -0.25) is 4.79 Å². The van der Waals surface area contributed by atoms with E-state index < -0.39 is 0 Å². The van der Waals surface area contributed by atoms with Gasteiger partial charge < -0.3 is 14.6 Å². The van der Waals surface area contributed by atoms with E-state index in [2.05, 4.69) is 0 Å². The highest BCUT2D eigenvalue weighted by molar-refractivity contribution is 6.10. The van der Waals surface area contributed by atoms with Crippen molar-refractivity contribution in [2.45, 2.75) is 6.92 Å². The van der Waals surface area contributed by atoms with Gasteiger partial charge >= 0.3 is 0 Å². The molecule has 110 valence electrons. The molecule has 1 heterocycles. The zero-order chi connectivity index (χ0) is 15.7. The Kier molecular flexibility index (Phi) is 3.43. The Morgan fingerprint density at radius 1 is 1.00 bits per heavy atom. The molecular weight excluding hydrogens is 280 g/mol. The van der Waals surface area contributed by atoms with Crippen molar-refractivity contribution in [2.75, 3.05) is 0 Å². The van der Waals surface area contributed by atoms with Gasteiger partial charge in [0.15, 0.2) is 17.3 Å². The van der Waals surface area contributed by atoms with Crippen LogP contribution in [0.5, 0.6) is 11.5 Å². The lowest BCUT2D eigenvalue weighted by Crippen LogP contribution is -2.04. The Morgan fingerprint density at radius 3 is 2.50 bits per heavy atom. The molecule has 2 N–H and O–H groups in total. The fraction of sp³-hybridized carbons (Fsp3) is 0.0556. The average Bonchev–Trinajstić information content (AvgIpc) is 3.04. The fourth-order valence-corrected chi connectivity index (χ4v) is 2.28.